The fourth-order valence-corrected chi connectivity index (χ4v) is 2.53. The van der Waals surface area contributed by atoms with Gasteiger partial charge in [-0.15, -0.1) is 0 Å². The zero-order valence-corrected chi connectivity index (χ0v) is 13.4. The number of halogens is 2. The van der Waals surface area contributed by atoms with Gasteiger partial charge >= 0.3 is 0 Å². The maximum Gasteiger partial charge on any atom is 0.147 e. The molecular formula is C17H13Cl2N3. The first kappa shape index (κ1) is 14.8. The predicted octanol–water partition coefficient (Wildman–Crippen LogP) is 5.30. The average molecular weight is 330 g/mol. The molecule has 0 saturated heterocycles. The third-order valence-corrected chi connectivity index (χ3v) is 3.84. The summed E-state index contributed by atoms with van der Waals surface area (Å²) in [4.78, 5) is 4.51. The lowest BCUT2D eigenvalue weighted by Crippen LogP contribution is -1.95. The van der Waals surface area contributed by atoms with Gasteiger partial charge in [0.15, 0.2) is 0 Å². The second-order valence-corrected chi connectivity index (χ2v) is 5.72. The number of hydrazone groups is 1. The Balaban J connectivity index is 1.85. The molecule has 22 heavy (non-hydrogen) atoms. The zero-order chi connectivity index (χ0) is 15.5. The molecule has 0 aliphatic carbocycles. The second kappa shape index (κ2) is 6.34. The van der Waals surface area contributed by atoms with E-state index in [9.17, 15) is 0 Å². The average Bonchev–Trinajstić information content (AvgIpc) is 2.50. The molecule has 0 spiro atoms. The Morgan fingerprint density at radius 1 is 1.09 bits per heavy atom. The summed E-state index contributed by atoms with van der Waals surface area (Å²) in [6, 6.07) is 15.1. The van der Waals surface area contributed by atoms with Crippen LogP contribution >= 0.6 is 23.2 Å². The van der Waals surface area contributed by atoms with Gasteiger partial charge in [0.2, 0.25) is 0 Å². The van der Waals surface area contributed by atoms with Crippen molar-refractivity contribution in [3.05, 3.63) is 69.7 Å². The van der Waals surface area contributed by atoms with Crippen molar-refractivity contribution < 1.29 is 0 Å². The smallest absolute Gasteiger partial charge is 0.147 e. The second-order valence-electron chi connectivity index (χ2n) is 4.88. The van der Waals surface area contributed by atoms with Crippen LogP contribution in [0.1, 0.15) is 11.1 Å². The van der Waals surface area contributed by atoms with Gasteiger partial charge in [0.05, 0.1) is 11.7 Å². The van der Waals surface area contributed by atoms with E-state index in [0.29, 0.717) is 15.9 Å². The monoisotopic (exact) mass is 329 g/mol. The van der Waals surface area contributed by atoms with E-state index in [-0.39, 0.29) is 0 Å². The molecule has 1 aromatic heterocycles. The maximum absolute atomic E-state index is 6.08. The Morgan fingerprint density at radius 3 is 2.73 bits per heavy atom. The van der Waals surface area contributed by atoms with E-state index in [1.54, 1.807) is 6.21 Å². The molecule has 5 heteroatoms. The standard InChI is InChI=1S/C17H13Cl2N3/c1-11-8-17(21-16-7-6-13(18)9-14(11)16)22-20-10-12-4-2-3-5-15(12)19/h2-10H,1H3,(H,21,22)/b20-10+. The Labute approximate surface area is 138 Å². The zero-order valence-electron chi connectivity index (χ0n) is 11.8. The first-order valence-corrected chi connectivity index (χ1v) is 7.49. The van der Waals surface area contributed by atoms with E-state index in [0.717, 1.165) is 22.0 Å². The van der Waals surface area contributed by atoms with Gasteiger partial charge in [0, 0.05) is 21.0 Å². The lowest BCUT2D eigenvalue weighted by atomic mass is 10.1. The van der Waals surface area contributed by atoms with E-state index in [1.807, 2.05) is 55.5 Å². The molecule has 0 fully saturated rings. The molecule has 0 aliphatic heterocycles. The molecule has 0 amide bonds. The number of fused-ring (bicyclic) bond motifs is 1. The molecule has 0 saturated carbocycles. The first-order chi connectivity index (χ1) is 10.6. The summed E-state index contributed by atoms with van der Waals surface area (Å²) in [6.07, 6.45) is 1.67. The van der Waals surface area contributed by atoms with Crippen molar-refractivity contribution in [2.24, 2.45) is 5.10 Å². The number of pyridine rings is 1. The van der Waals surface area contributed by atoms with Gasteiger partial charge in [-0.05, 0) is 42.8 Å². The van der Waals surface area contributed by atoms with Crippen molar-refractivity contribution in [1.29, 1.82) is 0 Å². The van der Waals surface area contributed by atoms with E-state index < -0.39 is 0 Å². The molecule has 2 aromatic carbocycles. The van der Waals surface area contributed by atoms with E-state index >= 15 is 0 Å². The summed E-state index contributed by atoms with van der Waals surface area (Å²) in [5.74, 6) is 0.677. The van der Waals surface area contributed by atoms with Gasteiger partial charge in [-0.2, -0.15) is 5.10 Å². The topological polar surface area (TPSA) is 37.3 Å². The Kier molecular flexibility index (Phi) is 4.27. The van der Waals surface area contributed by atoms with Crippen LogP contribution in [0.15, 0.2) is 53.6 Å². The highest BCUT2D eigenvalue weighted by Crippen LogP contribution is 2.23. The molecule has 3 rings (SSSR count). The van der Waals surface area contributed by atoms with Crippen LogP contribution in [0, 0.1) is 6.92 Å². The van der Waals surface area contributed by atoms with Crippen LogP contribution in [-0.4, -0.2) is 11.2 Å². The van der Waals surface area contributed by atoms with Crippen LogP contribution in [0.25, 0.3) is 10.9 Å². The van der Waals surface area contributed by atoms with Crippen molar-refractivity contribution in [2.75, 3.05) is 5.43 Å². The van der Waals surface area contributed by atoms with Crippen LogP contribution in [0.4, 0.5) is 5.82 Å². The highest BCUT2D eigenvalue weighted by molar-refractivity contribution is 6.33. The van der Waals surface area contributed by atoms with Crippen molar-refractivity contribution in [2.45, 2.75) is 6.92 Å². The minimum Gasteiger partial charge on any atom is -0.261 e. The van der Waals surface area contributed by atoms with Crippen LogP contribution in [0.3, 0.4) is 0 Å². The minimum absolute atomic E-state index is 0.658. The van der Waals surface area contributed by atoms with Gasteiger partial charge in [-0.25, -0.2) is 4.98 Å². The summed E-state index contributed by atoms with van der Waals surface area (Å²) in [5, 5.41) is 6.59. The number of nitrogens with zero attached hydrogens (tertiary/aromatic N) is 2. The Hall–Kier alpha value is -2.10. The number of rotatable bonds is 3. The third kappa shape index (κ3) is 3.21. The number of hydrogen-bond donors (Lipinski definition) is 1. The lowest BCUT2D eigenvalue weighted by molar-refractivity contribution is 1.25. The summed E-state index contributed by atoms with van der Waals surface area (Å²) in [6.45, 7) is 2.02. The molecule has 0 radical (unpaired) electrons. The largest absolute Gasteiger partial charge is 0.261 e. The van der Waals surface area contributed by atoms with Crippen LogP contribution in [0.2, 0.25) is 10.0 Å². The number of nitrogens with one attached hydrogen (secondary N) is 1. The van der Waals surface area contributed by atoms with Crippen LogP contribution in [-0.2, 0) is 0 Å². The molecule has 3 aromatic rings. The predicted molar refractivity (Wildman–Crippen MR) is 94.2 cm³/mol. The van der Waals surface area contributed by atoms with E-state index in [2.05, 4.69) is 15.5 Å². The molecule has 1 N–H and O–H groups in total. The molecule has 3 nitrogen and oxygen atoms in total. The SMILES string of the molecule is Cc1cc(N/N=C/c2ccccc2Cl)nc2ccc(Cl)cc12. The summed E-state index contributed by atoms with van der Waals surface area (Å²) < 4.78 is 0. The van der Waals surface area contributed by atoms with E-state index in [1.165, 1.54) is 0 Å². The highest BCUT2D eigenvalue weighted by Gasteiger charge is 2.03. The molecular weight excluding hydrogens is 317 g/mol. The quantitative estimate of drug-likeness (QED) is 0.523. The molecule has 0 atom stereocenters. The number of benzene rings is 2. The molecule has 110 valence electrons. The van der Waals surface area contributed by atoms with Gasteiger partial charge in [0.1, 0.15) is 5.82 Å². The Bertz CT molecular complexity index is 860. The van der Waals surface area contributed by atoms with Crippen molar-refractivity contribution in [1.82, 2.24) is 4.98 Å². The third-order valence-electron chi connectivity index (χ3n) is 3.27. The van der Waals surface area contributed by atoms with Crippen molar-refractivity contribution in [3.8, 4) is 0 Å². The van der Waals surface area contributed by atoms with Gasteiger partial charge in [-0.3, -0.25) is 5.43 Å². The van der Waals surface area contributed by atoms with E-state index in [4.69, 9.17) is 23.2 Å². The van der Waals surface area contributed by atoms with Crippen LogP contribution in [0.5, 0.6) is 0 Å². The minimum atomic E-state index is 0.658. The summed E-state index contributed by atoms with van der Waals surface area (Å²) in [5.41, 5.74) is 5.74. The van der Waals surface area contributed by atoms with Gasteiger partial charge in [-0.1, -0.05) is 41.4 Å². The maximum atomic E-state index is 6.08. The van der Waals surface area contributed by atoms with Gasteiger partial charge in [0.25, 0.3) is 0 Å². The van der Waals surface area contributed by atoms with Gasteiger partial charge < -0.3 is 0 Å². The number of aromatic nitrogens is 1. The molecule has 0 bridgehead atoms. The molecule has 0 unspecified atom stereocenters. The fraction of sp³-hybridized carbons (Fsp3) is 0.0588. The van der Waals surface area contributed by atoms with Crippen LogP contribution < -0.4 is 5.43 Å². The Morgan fingerprint density at radius 2 is 1.91 bits per heavy atom. The van der Waals surface area contributed by atoms with Crippen molar-refractivity contribution >= 4 is 46.1 Å². The van der Waals surface area contributed by atoms with Crippen molar-refractivity contribution in [3.63, 3.8) is 0 Å². The fourth-order valence-electron chi connectivity index (χ4n) is 2.17. The number of aryl methyl sites for hydroxylation is 1. The normalized spacial score (nSPS) is 11.2. The first-order valence-electron chi connectivity index (χ1n) is 6.74. The number of anilines is 1. The summed E-state index contributed by atoms with van der Waals surface area (Å²) >= 11 is 12.1. The molecule has 1 heterocycles. The highest BCUT2D eigenvalue weighted by atomic mass is 35.5. The lowest BCUT2D eigenvalue weighted by Gasteiger charge is -2.06. The molecule has 0 aliphatic rings. The summed E-state index contributed by atoms with van der Waals surface area (Å²) in [7, 11) is 0. The number of hydrogen-bond acceptors (Lipinski definition) is 3.